The Bertz CT molecular complexity index is 2460. The Morgan fingerprint density at radius 2 is 1.07 bits per heavy atom. The second-order valence-corrected chi connectivity index (χ2v) is 19.0. The number of carboxylic acid groups (broad SMARTS) is 1. The maximum absolute atomic E-state index is 13.9. The summed E-state index contributed by atoms with van der Waals surface area (Å²) in [6, 6.07) is 5.22. The van der Waals surface area contributed by atoms with Crippen LogP contribution in [0, 0.1) is 6.92 Å². The first-order valence-corrected chi connectivity index (χ1v) is 26.6. The fraction of sp³-hybridized carbons (Fsp3) is 0.600. The van der Waals surface area contributed by atoms with Crippen molar-refractivity contribution in [2.75, 3.05) is 171 Å². The van der Waals surface area contributed by atoms with E-state index in [0.29, 0.717) is 131 Å². The lowest BCUT2D eigenvalue weighted by Crippen LogP contribution is -2.49. The minimum Gasteiger partial charge on any atom is -0.755 e. The SMILES string of the molecule is Cc1nccnc1-c1c2ccc(=[NH2+])c(S(=O)(=O)[O-])c-2oc2c(S(=O)([O-])(O)NCCOCCOCCOCCOCCOCCOCCOCCOCCOCCOCCOCCOCCC(=O)O)c(N)ccc12. The van der Waals surface area contributed by atoms with Crippen LogP contribution in [0.1, 0.15) is 12.1 Å². The lowest BCUT2D eigenvalue weighted by Gasteiger charge is -2.44. The van der Waals surface area contributed by atoms with Crippen LogP contribution < -0.4 is 21.2 Å². The Morgan fingerprint density at radius 3 is 1.47 bits per heavy atom. The number of ether oxygens (including phenoxy) is 12. The zero-order chi connectivity index (χ0) is 52.8. The molecule has 4 rings (SSSR count). The molecule has 0 fully saturated rings. The maximum Gasteiger partial charge on any atom is 0.305 e. The standard InChI is InChI=1S/C45H69N5O21S2/c1-34-41(49-8-7-48-34)40-35-2-4-37(46)44(72(53,54)55)42(35)71-43-36(40)3-5-38(47)45(43)73(56,57,58)50-9-11-60-13-15-62-17-19-64-21-23-66-25-27-68-29-31-70-33-32-69-30-28-67-26-24-65-22-20-63-18-16-61-14-12-59-10-6-39(51)52/h2-5,7-8,46H,6,9-33,47H2,1H3,(H,51,52)(H,53,54,55)(H3,50,56,57,58)/p-1. The average Bonchev–Trinajstić information content (AvgIpc) is 3.33. The Hall–Kier alpha value is -4.28. The van der Waals surface area contributed by atoms with Gasteiger partial charge in [0.2, 0.25) is 5.36 Å². The minimum absolute atomic E-state index is 0.0247. The van der Waals surface area contributed by atoms with E-state index in [1.807, 2.05) is 0 Å². The number of nitrogens with two attached hydrogens (primary N) is 2. The summed E-state index contributed by atoms with van der Waals surface area (Å²) in [6.45, 7) is 9.34. The van der Waals surface area contributed by atoms with Gasteiger partial charge in [-0.25, -0.2) is 13.1 Å². The molecule has 28 heteroatoms. The number of anilines is 1. The summed E-state index contributed by atoms with van der Waals surface area (Å²) >= 11 is 0. The summed E-state index contributed by atoms with van der Waals surface area (Å²) in [5.74, 6) is -1.47. The van der Waals surface area contributed by atoms with E-state index >= 15 is 0 Å². The molecule has 73 heavy (non-hydrogen) atoms. The highest BCUT2D eigenvalue weighted by atomic mass is 32.3. The normalized spacial score (nSPS) is 12.7. The highest BCUT2D eigenvalue weighted by Gasteiger charge is 2.34. The fourth-order valence-electron chi connectivity index (χ4n) is 6.58. The van der Waals surface area contributed by atoms with Crippen molar-refractivity contribution in [1.29, 1.82) is 0 Å². The van der Waals surface area contributed by atoms with E-state index in [1.165, 1.54) is 36.7 Å². The molecular weight excluding hydrogens is 1010 g/mol. The largest absolute Gasteiger partial charge is 0.755 e. The Morgan fingerprint density at radius 1 is 0.671 bits per heavy atom. The Labute approximate surface area is 423 Å². The van der Waals surface area contributed by atoms with E-state index in [0.717, 1.165) is 0 Å². The molecule has 2 heterocycles. The molecule has 0 bridgehead atoms. The highest BCUT2D eigenvalue weighted by Crippen LogP contribution is 2.46. The number of carbonyl (C=O) groups is 1. The highest BCUT2D eigenvalue weighted by molar-refractivity contribution is 8.08. The number of benzene rings is 2. The number of aliphatic carboxylic acids is 1. The van der Waals surface area contributed by atoms with Crippen LogP contribution >= 0.6 is 0 Å². The molecule has 1 aromatic carbocycles. The maximum atomic E-state index is 13.9. The summed E-state index contributed by atoms with van der Waals surface area (Å²) in [5, 5.41) is 14.0. The lowest BCUT2D eigenvalue weighted by molar-refractivity contribution is -0.176. The Kier molecular flexibility index (Phi) is 27.6. The van der Waals surface area contributed by atoms with Crippen molar-refractivity contribution in [3.8, 4) is 22.6 Å². The van der Waals surface area contributed by atoms with Crippen molar-refractivity contribution in [2.45, 2.75) is 23.1 Å². The smallest absolute Gasteiger partial charge is 0.305 e. The molecule has 0 saturated carbocycles. The molecule has 0 spiro atoms. The molecule has 1 aliphatic carbocycles. The number of nitrogens with one attached hydrogen (secondary N) is 1. The quantitative estimate of drug-likeness (QED) is 0.0160. The van der Waals surface area contributed by atoms with Gasteiger partial charge in [-0.2, -0.15) is 0 Å². The molecule has 1 aliphatic heterocycles. The molecule has 2 aromatic rings. The number of sulfonamides is 1. The molecule has 412 valence electrons. The number of fused-ring (bicyclic) bond motifs is 2. The van der Waals surface area contributed by atoms with Crippen LogP contribution in [0.15, 0.2) is 50.9 Å². The van der Waals surface area contributed by atoms with Crippen molar-refractivity contribution in [3.63, 3.8) is 0 Å². The summed E-state index contributed by atoms with van der Waals surface area (Å²) in [7, 11) is -11.6. The van der Waals surface area contributed by atoms with Gasteiger partial charge < -0.3 is 85.8 Å². The summed E-state index contributed by atoms with van der Waals surface area (Å²) in [5.41, 5.74) is 5.88. The number of nitrogen functional groups attached to an aromatic ring is 1. The van der Waals surface area contributed by atoms with Gasteiger partial charge in [-0.05, 0) is 25.1 Å². The molecule has 1 aromatic heterocycles. The number of aryl methyl sites for hydroxylation is 1. The van der Waals surface area contributed by atoms with Crippen LogP contribution in [-0.4, -0.2) is 212 Å². The van der Waals surface area contributed by atoms with Gasteiger partial charge in [-0.1, -0.05) is 0 Å². The van der Waals surface area contributed by atoms with Crippen LogP contribution in [0.2, 0.25) is 0 Å². The van der Waals surface area contributed by atoms with Gasteiger partial charge in [0.25, 0.3) is 0 Å². The molecule has 0 radical (unpaired) electrons. The molecule has 26 nitrogen and oxygen atoms in total. The third-order valence-electron chi connectivity index (χ3n) is 9.91. The van der Waals surface area contributed by atoms with E-state index < -0.39 is 64.6 Å². The third kappa shape index (κ3) is 22.2. The van der Waals surface area contributed by atoms with Crippen LogP contribution in [-0.2, 0) is 81.6 Å². The third-order valence-corrected chi connectivity index (χ3v) is 12.7. The first kappa shape index (κ1) is 61.3. The van der Waals surface area contributed by atoms with E-state index in [4.69, 9.17) is 77.5 Å². The predicted octanol–water partition coefficient (Wildman–Crippen LogP) is -0.590. The van der Waals surface area contributed by atoms with Crippen molar-refractivity contribution in [1.82, 2.24) is 14.7 Å². The molecule has 0 unspecified atom stereocenters. The predicted molar refractivity (Wildman–Crippen MR) is 256 cm³/mol. The van der Waals surface area contributed by atoms with Gasteiger partial charge in [0, 0.05) is 51.3 Å². The number of nitrogens with zero attached hydrogens (tertiary/aromatic N) is 2. The van der Waals surface area contributed by atoms with Crippen molar-refractivity contribution in [3.05, 3.63) is 47.7 Å². The molecule has 0 atom stereocenters. The van der Waals surface area contributed by atoms with E-state index in [2.05, 4.69) is 14.7 Å². The number of carboxylic acids is 1. The first-order chi connectivity index (χ1) is 35.1. The molecule has 2 aliphatic rings. The number of hydrogen-bond acceptors (Lipinski definition) is 22. The van der Waals surface area contributed by atoms with E-state index in [9.17, 15) is 31.1 Å². The molecular formula is C45H68N5O21S2-. The molecule has 7 N–H and O–H groups in total. The van der Waals surface area contributed by atoms with Gasteiger partial charge in [0.05, 0.1) is 182 Å². The molecule has 0 saturated heterocycles. The van der Waals surface area contributed by atoms with E-state index in [1.54, 1.807) is 6.92 Å². The number of hydrogen-bond donors (Lipinski definition) is 5. The van der Waals surface area contributed by atoms with Gasteiger partial charge in [-0.3, -0.25) is 24.4 Å². The second-order valence-electron chi connectivity index (χ2n) is 15.4. The minimum atomic E-state index is -6.34. The lowest BCUT2D eigenvalue weighted by atomic mass is 9.95. The van der Waals surface area contributed by atoms with Crippen LogP contribution in [0.25, 0.3) is 33.6 Å². The first-order valence-electron chi connectivity index (χ1n) is 23.3. The van der Waals surface area contributed by atoms with Crippen LogP contribution in [0.4, 0.5) is 5.69 Å². The van der Waals surface area contributed by atoms with Gasteiger partial charge in [0.15, 0.2) is 16.2 Å². The van der Waals surface area contributed by atoms with Crippen molar-refractivity contribution < 1.29 is 103 Å². The van der Waals surface area contributed by atoms with Gasteiger partial charge in [0.1, 0.15) is 15.0 Å². The zero-order valence-electron chi connectivity index (χ0n) is 40.9. The fourth-order valence-corrected chi connectivity index (χ4v) is 8.87. The monoisotopic (exact) mass is 1080 g/mol. The average molecular weight is 1080 g/mol. The number of rotatable bonds is 43. The topological polar surface area (TPSA) is 368 Å². The van der Waals surface area contributed by atoms with Gasteiger partial charge in [-0.15, -0.1) is 0 Å². The van der Waals surface area contributed by atoms with E-state index in [-0.39, 0.29) is 61.7 Å². The van der Waals surface area contributed by atoms with Crippen LogP contribution in [0.5, 0.6) is 0 Å². The van der Waals surface area contributed by atoms with Crippen molar-refractivity contribution in [2.24, 2.45) is 0 Å². The van der Waals surface area contributed by atoms with Crippen molar-refractivity contribution >= 4 is 42.6 Å². The Balaban J connectivity index is 0.965. The van der Waals surface area contributed by atoms with Gasteiger partial charge >= 0.3 is 5.97 Å². The second kappa shape index (κ2) is 32.9. The van der Waals surface area contributed by atoms with Crippen LogP contribution in [0.3, 0.4) is 0 Å². The summed E-state index contributed by atoms with van der Waals surface area (Å²) < 4.78 is 149. The zero-order valence-corrected chi connectivity index (χ0v) is 42.5. The summed E-state index contributed by atoms with van der Waals surface area (Å²) in [4.78, 5) is 17.1. The summed E-state index contributed by atoms with van der Waals surface area (Å²) in [6.07, 6.45) is 2.77. The number of aromatic nitrogens is 2. The molecule has 0 amide bonds.